The highest BCUT2D eigenvalue weighted by Gasteiger charge is 2.33. The van der Waals surface area contributed by atoms with Crippen LogP contribution in [0.3, 0.4) is 0 Å². The Labute approximate surface area is 147 Å². The quantitative estimate of drug-likeness (QED) is 0.476. The summed E-state index contributed by atoms with van der Waals surface area (Å²) in [5.41, 5.74) is 1.24. The molecule has 23 heavy (non-hydrogen) atoms. The molecule has 1 fully saturated rings. The molecule has 0 radical (unpaired) electrons. The molecule has 0 aliphatic carbocycles. The largest absolute Gasteiger partial charge is 0.504 e. The molecule has 3 rings (SSSR count). The van der Waals surface area contributed by atoms with Crippen molar-refractivity contribution in [3.8, 4) is 11.5 Å². The third-order valence-corrected chi connectivity index (χ3v) is 4.73. The van der Waals surface area contributed by atoms with Crippen LogP contribution in [0.5, 0.6) is 11.5 Å². The number of rotatable bonds is 2. The van der Waals surface area contributed by atoms with Crippen LogP contribution in [0.1, 0.15) is 5.56 Å². The molecule has 2 aromatic carbocycles. The van der Waals surface area contributed by atoms with E-state index in [1.165, 1.54) is 28.8 Å². The molecule has 0 bridgehead atoms. The van der Waals surface area contributed by atoms with Gasteiger partial charge in [0.25, 0.3) is 5.91 Å². The number of carbonyl (C=O) groups excluding carboxylic acids is 1. The van der Waals surface area contributed by atoms with Gasteiger partial charge in [0, 0.05) is 5.02 Å². The number of nitrogens with zero attached hydrogens (tertiary/aromatic N) is 1. The van der Waals surface area contributed by atoms with Gasteiger partial charge in [-0.25, -0.2) is 0 Å². The monoisotopic (exact) mass is 363 g/mol. The molecule has 2 N–H and O–H groups in total. The molecule has 4 nitrogen and oxygen atoms in total. The van der Waals surface area contributed by atoms with Crippen molar-refractivity contribution >= 4 is 57.6 Å². The first kappa shape index (κ1) is 15.9. The number of benzene rings is 2. The Morgan fingerprint density at radius 2 is 1.78 bits per heavy atom. The van der Waals surface area contributed by atoms with Crippen LogP contribution in [-0.2, 0) is 4.79 Å². The second kappa shape index (κ2) is 6.23. The van der Waals surface area contributed by atoms with Gasteiger partial charge >= 0.3 is 0 Å². The summed E-state index contributed by atoms with van der Waals surface area (Å²) in [5.74, 6) is -0.697. The van der Waals surface area contributed by atoms with Crippen molar-refractivity contribution in [1.29, 1.82) is 0 Å². The fraction of sp³-hybridized carbons (Fsp3) is 0. The van der Waals surface area contributed by atoms with Crippen LogP contribution >= 0.6 is 35.6 Å². The third kappa shape index (κ3) is 3.19. The fourth-order valence-corrected chi connectivity index (χ4v) is 3.49. The zero-order chi connectivity index (χ0) is 16.6. The molecule has 2 aromatic rings. The van der Waals surface area contributed by atoms with Gasteiger partial charge in [-0.3, -0.25) is 9.69 Å². The predicted octanol–water partition coefficient (Wildman–Crippen LogP) is 4.16. The number of halogens is 1. The summed E-state index contributed by atoms with van der Waals surface area (Å²) in [7, 11) is 0. The maximum Gasteiger partial charge on any atom is 0.270 e. The molecule has 1 saturated heterocycles. The topological polar surface area (TPSA) is 60.8 Å². The van der Waals surface area contributed by atoms with Crippen LogP contribution in [0.2, 0.25) is 5.02 Å². The Morgan fingerprint density at radius 3 is 2.43 bits per heavy atom. The summed E-state index contributed by atoms with van der Waals surface area (Å²) in [6.07, 6.45) is 1.62. The van der Waals surface area contributed by atoms with Gasteiger partial charge in [-0.15, -0.1) is 0 Å². The summed E-state index contributed by atoms with van der Waals surface area (Å²) < 4.78 is 0.423. The van der Waals surface area contributed by atoms with E-state index < -0.39 is 0 Å². The molecule has 0 saturated carbocycles. The van der Waals surface area contributed by atoms with Crippen LogP contribution in [-0.4, -0.2) is 20.4 Å². The number of phenols is 2. The third-order valence-electron chi connectivity index (χ3n) is 3.18. The average molecular weight is 364 g/mol. The molecule has 0 atom stereocenters. The molecule has 0 unspecified atom stereocenters. The summed E-state index contributed by atoms with van der Waals surface area (Å²) in [5, 5.41) is 19.4. The molecule has 7 heteroatoms. The molecule has 1 aliphatic rings. The lowest BCUT2D eigenvalue weighted by molar-refractivity contribution is -0.113. The van der Waals surface area contributed by atoms with Gasteiger partial charge < -0.3 is 10.2 Å². The standard InChI is InChI=1S/C16H10ClNO3S2/c17-10-2-4-11(5-3-10)18-15(21)14(23-16(18)22)8-9-1-6-12(19)13(20)7-9/h1-8,19-20H/b14-8-. The highest BCUT2D eigenvalue weighted by molar-refractivity contribution is 8.27. The van der Waals surface area contributed by atoms with E-state index in [0.717, 1.165) is 0 Å². The summed E-state index contributed by atoms with van der Waals surface area (Å²) >= 11 is 12.3. The van der Waals surface area contributed by atoms with Crippen molar-refractivity contribution in [3.05, 3.63) is 58.0 Å². The van der Waals surface area contributed by atoms with E-state index in [-0.39, 0.29) is 17.4 Å². The van der Waals surface area contributed by atoms with Gasteiger partial charge in [-0.05, 0) is 48.0 Å². The van der Waals surface area contributed by atoms with Gasteiger partial charge in [0.1, 0.15) is 0 Å². The van der Waals surface area contributed by atoms with E-state index >= 15 is 0 Å². The molecule has 0 aromatic heterocycles. The Hall–Kier alpha value is -2.02. The van der Waals surface area contributed by atoms with Crippen molar-refractivity contribution in [3.63, 3.8) is 0 Å². The normalized spacial score (nSPS) is 16.4. The number of aromatic hydroxyl groups is 2. The average Bonchev–Trinajstić information content (AvgIpc) is 2.79. The van der Waals surface area contributed by atoms with Crippen LogP contribution in [0.25, 0.3) is 6.08 Å². The zero-order valence-corrected chi connectivity index (χ0v) is 14.0. The highest BCUT2D eigenvalue weighted by atomic mass is 35.5. The second-order valence-electron chi connectivity index (χ2n) is 4.74. The first-order valence-corrected chi connectivity index (χ1v) is 8.11. The fourth-order valence-electron chi connectivity index (χ4n) is 2.06. The first-order chi connectivity index (χ1) is 11.0. The van der Waals surface area contributed by atoms with Gasteiger partial charge in [0.15, 0.2) is 15.8 Å². The van der Waals surface area contributed by atoms with Crippen molar-refractivity contribution < 1.29 is 15.0 Å². The first-order valence-electron chi connectivity index (χ1n) is 6.51. The lowest BCUT2D eigenvalue weighted by atomic mass is 10.2. The number of amides is 1. The maximum atomic E-state index is 12.6. The Balaban J connectivity index is 1.92. The highest BCUT2D eigenvalue weighted by Crippen LogP contribution is 2.37. The lowest BCUT2D eigenvalue weighted by Crippen LogP contribution is -2.27. The van der Waals surface area contributed by atoms with Crippen molar-refractivity contribution in [2.24, 2.45) is 0 Å². The van der Waals surface area contributed by atoms with Gasteiger partial charge in [0.05, 0.1) is 10.6 Å². The molecular formula is C16H10ClNO3S2. The van der Waals surface area contributed by atoms with Crippen LogP contribution in [0.15, 0.2) is 47.4 Å². The molecule has 116 valence electrons. The minimum absolute atomic E-state index is 0.212. The maximum absolute atomic E-state index is 12.6. The van der Waals surface area contributed by atoms with Crippen LogP contribution in [0, 0.1) is 0 Å². The van der Waals surface area contributed by atoms with E-state index in [1.807, 2.05) is 0 Å². The SMILES string of the molecule is O=C1/C(=C/c2ccc(O)c(O)c2)SC(=S)N1c1ccc(Cl)cc1. The number of hydrogen-bond acceptors (Lipinski definition) is 5. The summed E-state index contributed by atoms with van der Waals surface area (Å²) in [4.78, 5) is 14.4. The number of anilines is 1. The second-order valence-corrected chi connectivity index (χ2v) is 6.85. The number of phenolic OH excluding ortho intramolecular Hbond substituents is 2. The van der Waals surface area contributed by atoms with E-state index in [1.54, 1.807) is 36.4 Å². The number of thioether (sulfide) groups is 1. The van der Waals surface area contributed by atoms with E-state index in [4.69, 9.17) is 23.8 Å². The molecule has 1 heterocycles. The Morgan fingerprint density at radius 1 is 1.09 bits per heavy atom. The lowest BCUT2D eigenvalue weighted by Gasteiger charge is -2.14. The van der Waals surface area contributed by atoms with Gasteiger partial charge in [-0.2, -0.15) is 0 Å². The minimum atomic E-state index is -0.244. The van der Waals surface area contributed by atoms with Crippen LogP contribution in [0.4, 0.5) is 5.69 Å². The molecule has 0 spiro atoms. The Kier molecular flexibility index (Phi) is 4.30. The number of hydrogen-bond donors (Lipinski definition) is 2. The Bertz CT molecular complexity index is 834. The van der Waals surface area contributed by atoms with E-state index in [0.29, 0.717) is 25.5 Å². The molecule has 1 aliphatic heterocycles. The molecule has 1 amide bonds. The number of carbonyl (C=O) groups is 1. The number of thiocarbonyl (C=S) groups is 1. The van der Waals surface area contributed by atoms with Crippen molar-refractivity contribution in [1.82, 2.24) is 0 Å². The zero-order valence-electron chi connectivity index (χ0n) is 11.6. The minimum Gasteiger partial charge on any atom is -0.504 e. The molecular weight excluding hydrogens is 354 g/mol. The predicted molar refractivity (Wildman–Crippen MR) is 96.9 cm³/mol. The van der Waals surface area contributed by atoms with E-state index in [2.05, 4.69) is 0 Å². The van der Waals surface area contributed by atoms with Crippen LogP contribution < -0.4 is 4.90 Å². The summed E-state index contributed by atoms with van der Waals surface area (Å²) in [6.45, 7) is 0. The van der Waals surface area contributed by atoms with Crippen molar-refractivity contribution in [2.75, 3.05) is 4.90 Å². The smallest absolute Gasteiger partial charge is 0.270 e. The van der Waals surface area contributed by atoms with Gasteiger partial charge in [-0.1, -0.05) is 41.6 Å². The van der Waals surface area contributed by atoms with Gasteiger partial charge in [0.2, 0.25) is 0 Å². The van der Waals surface area contributed by atoms with Crippen molar-refractivity contribution in [2.45, 2.75) is 0 Å². The van der Waals surface area contributed by atoms with E-state index in [9.17, 15) is 15.0 Å². The summed E-state index contributed by atoms with van der Waals surface area (Å²) in [6, 6.07) is 11.2.